The average molecular weight is 412 g/mol. The van der Waals surface area contributed by atoms with Gasteiger partial charge in [0.15, 0.2) is 11.0 Å². The first kappa shape index (κ1) is 18.5. The van der Waals surface area contributed by atoms with Crippen LogP contribution in [0, 0.1) is 0 Å². The number of nitrogens with one attached hydrogen (secondary N) is 1. The van der Waals surface area contributed by atoms with Crippen LogP contribution in [0.25, 0.3) is 33.3 Å². The molecular formula is C20H15ClFN5S. The number of aromatic nitrogens is 4. The standard InChI is InChI=1S/C20H15ClFN5S/c21-14-6-2-1-5-13(14)16-11-17(18-12-25-20(28-18)24-10-8-22)27-19(26-16)15-7-3-4-9-23-15/h1-7,9,11-12H,8,10H2,(H,24,25). The second-order valence-corrected chi connectivity index (χ2v) is 7.24. The largest absolute Gasteiger partial charge is 0.359 e. The van der Waals surface area contributed by atoms with Crippen LogP contribution in [0.2, 0.25) is 5.02 Å². The van der Waals surface area contributed by atoms with Crippen LogP contribution in [-0.4, -0.2) is 33.2 Å². The van der Waals surface area contributed by atoms with E-state index in [4.69, 9.17) is 11.6 Å². The summed E-state index contributed by atoms with van der Waals surface area (Å²) in [6, 6.07) is 15.0. The number of pyridine rings is 1. The molecule has 0 aliphatic heterocycles. The Labute approximate surface area is 170 Å². The summed E-state index contributed by atoms with van der Waals surface area (Å²) >= 11 is 7.79. The highest BCUT2D eigenvalue weighted by atomic mass is 35.5. The van der Waals surface area contributed by atoms with Gasteiger partial charge in [-0.25, -0.2) is 19.3 Å². The van der Waals surface area contributed by atoms with E-state index in [1.54, 1.807) is 12.4 Å². The summed E-state index contributed by atoms with van der Waals surface area (Å²) in [7, 11) is 0. The molecule has 1 aromatic carbocycles. The van der Waals surface area contributed by atoms with Crippen LogP contribution >= 0.6 is 22.9 Å². The smallest absolute Gasteiger partial charge is 0.183 e. The van der Waals surface area contributed by atoms with E-state index in [1.165, 1.54) is 11.3 Å². The highest BCUT2D eigenvalue weighted by molar-refractivity contribution is 7.18. The van der Waals surface area contributed by atoms with Crippen molar-refractivity contribution >= 4 is 28.1 Å². The zero-order valence-corrected chi connectivity index (χ0v) is 16.2. The number of nitrogens with zero attached hydrogens (tertiary/aromatic N) is 4. The molecule has 0 saturated heterocycles. The summed E-state index contributed by atoms with van der Waals surface area (Å²) in [5, 5.41) is 4.19. The van der Waals surface area contributed by atoms with E-state index in [0.717, 1.165) is 10.4 Å². The summed E-state index contributed by atoms with van der Waals surface area (Å²) in [4.78, 5) is 18.8. The fourth-order valence-corrected chi connectivity index (χ4v) is 3.65. The zero-order valence-electron chi connectivity index (χ0n) is 14.6. The van der Waals surface area contributed by atoms with Crippen molar-refractivity contribution in [3.63, 3.8) is 0 Å². The van der Waals surface area contributed by atoms with Gasteiger partial charge in [-0.3, -0.25) is 4.98 Å². The molecule has 0 bridgehead atoms. The Hall–Kier alpha value is -2.90. The number of hydrogen-bond donors (Lipinski definition) is 1. The maximum Gasteiger partial charge on any atom is 0.183 e. The molecule has 0 spiro atoms. The third kappa shape index (κ3) is 4.00. The second-order valence-electron chi connectivity index (χ2n) is 5.80. The highest BCUT2D eigenvalue weighted by Gasteiger charge is 2.14. The molecule has 0 amide bonds. The van der Waals surface area contributed by atoms with E-state index in [9.17, 15) is 4.39 Å². The number of alkyl halides is 1. The molecule has 0 atom stereocenters. The van der Waals surface area contributed by atoms with Crippen LogP contribution < -0.4 is 5.32 Å². The molecule has 0 saturated carbocycles. The summed E-state index contributed by atoms with van der Waals surface area (Å²) in [6.07, 6.45) is 3.42. The Morgan fingerprint density at radius 2 is 1.79 bits per heavy atom. The summed E-state index contributed by atoms with van der Waals surface area (Å²) < 4.78 is 12.4. The maximum absolute atomic E-state index is 12.4. The van der Waals surface area contributed by atoms with E-state index in [0.29, 0.717) is 33.1 Å². The molecule has 4 aromatic rings. The lowest BCUT2D eigenvalue weighted by molar-refractivity contribution is 0.512. The van der Waals surface area contributed by atoms with Crippen LogP contribution in [0.5, 0.6) is 0 Å². The van der Waals surface area contributed by atoms with Crippen molar-refractivity contribution in [3.8, 4) is 33.3 Å². The van der Waals surface area contributed by atoms with Gasteiger partial charge in [-0.15, -0.1) is 0 Å². The lowest BCUT2D eigenvalue weighted by Gasteiger charge is -2.08. The number of thiazole rings is 1. The first-order valence-electron chi connectivity index (χ1n) is 8.56. The van der Waals surface area contributed by atoms with Gasteiger partial charge in [0.2, 0.25) is 0 Å². The Balaban J connectivity index is 1.83. The number of anilines is 1. The number of rotatable bonds is 6. The molecule has 140 valence electrons. The third-order valence-electron chi connectivity index (χ3n) is 3.90. The molecule has 0 unspecified atom stereocenters. The van der Waals surface area contributed by atoms with Crippen LogP contribution in [0.4, 0.5) is 9.52 Å². The van der Waals surface area contributed by atoms with Gasteiger partial charge in [0.1, 0.15) is 12.4 Å². The Morgan fingerprint density at radius 3 is 2.57 bits per heavy atom. The molecule has 3 aromatic heterocycles. The van der Waals surface area contributed by atoms with Crippen LogP contribution in [0.1, 0.15) is 0 Å². The third-order valence-corrected chi connectivity index (χ3v) is 5.21. The second kappa shape index (κ2) is 8.41. The van der Waals surface area contributed by atoms with E-state index in [2.05, 4.69) is 25.3 Å². The minimum absolute atomic E-state index is 0.223. The van der Waals surface area contributed by atoms with Gasteiger partial charge < -0.3 is 5.32 Å². The molecule has 0 aliphatic rings. The Morgan fingerprint density at radius 1 is 0.964 bits per heavy atom. The first-order chi connectivity index (χ1) is 13.7. The SMILES string of the molecule is FCCNc1ncc(-c2cc(-c3ccccc3Cl)nc(-c3ccccn3)n2)s1. The van der Waals surface area contributed by atoms with Crippen LogP contribution in [0.15, 0.2) is 60.9 Å². The highest BCUT2D eigenvalue weighted by Crippen LogP contribution is 2.33. The van der Waals surface area contributed by atoms with Crippen LogP contribution in [-0.2, 0) is 0 Å². The molecule has 0 fully saturated rings. The van der Waals surface area contributed by atoms with Gasteiger partial charge in [-0.1, -0.05) is 47.2 Å². The lowest BCUT2D eigenvalue weighted by atomic mass is 10.1. The van der Waals surface area contributed by atoms with E-state index in [-0.39, 0.29) is 6.54 Å². The van der Waals surface area contributed by atoms with Crippen molar-refractivity contribution in [2.75, 3.05) is 18.5 Å². The molecule has 28 heavy (non-hydrogen) atoms. The van der Waals surface area contributed by atoms with Gasteiger partial charge in [-0.05, 0) is 24.3 Å². The Bertz CT molecular complexity index is 1090. The van der Waals surface area contributed by atoms with Crippen molar-refractivity contribution in [3.05, 3.63) is 65.9 Å². The number of hydrogen-bond acceptors (Lipinski definition) is 6. The number of halogens is 2. The minimum Gasteiger partial charge on any atom is -0.359 e. The molecule has 8 heteroatoms. The molecule has 4 rings (SSSR count). The molecule has 1 N–H and O–H groups in total. The zero-order chi connectivity index (χ0) is 19.3. The quantitative estimate of drug-likeness (QED) is 0.462. The van der Waals surface area contributed by atoms with Gasteiger partial charge in [0, 0.05) is 29.5 Å². The van der Waals surface area contributed by atoms with Crippen molar-refractivity contribution < 1.29 is 4.39 Å². The monoisotopic (exact) mass is 411 g/mol. The average Bonchev–Trinajstić information content (AvgIpc) is 3.22. The van der Waals surface area contributed by atoms with Crippen LogP contribution in [0.3, 0.4) is 0 Å². The molecule has 0 aliphatic carbocycles. The molecule has 3 heterocycles. The molecule has 5 nitrogen and oxygen atoms in total. The minimum atomic E-state index is -0.455. The fourth-order valence-electron chi connectivity index (χ4n) is 2.62. The summed E-state index contributed by atoms with van der Waals surface area (Å²) in [6.45, 7) is -0.232. The van der Waals surface area contributed by atoms with Gasteiger partial charge in [0.05, 0.1) is 16.3 Å². The summed E-state index contributed by atoms with van der Waals surface area (Å²) in [5.41, 5.74) is 2.88. The normalized spacial score (nSPS) is 10.8. The van der Waals surface area contributed by atoms with Gasteiger partial charge >= 0.3 is 0 Å². The topological polar surface area (TPSA) is 63.6 Å². The van der Waals surface area contributed by atoms with Crippen molar-refractivity contribution in [1.29, 1.82) is 0 Å². The Kier molecular flexibility index (Phi) is 5.55. The van der Waals surface area contributed by atoms with E-state index in [1.807, 2.05) is 48.5 Å². The predicted molar refractivity (Wildman–Crippen MR) is 111 cm³/mol. The van der Waals surface area contributed by atoms with Gasteiger partial charge in [-0.2, -0.15) is 0 Å². The first-order valence-corrected chi connectivity index (χ1v) is 9.75. The molecular weight excluding hydrogens is 397 g/mol. The predicted octanol–water partition coefficient (Wildman–Crippen LogP) is 5.36. The lowest BCUT2D eigenvalue weighted by Crippen LogP contribution is -2.01. The van der Waals surface area contributed by atoms with Crippen molar-refractivity contribution in [2.45, 2.75) is 0 Å². The maximum atomic E-state index is 12.4. The van der Waals surface area contributed by atoms with E-state index < -0.39 is 6.67 Å². The van der Waals surface area contributed by atoms with E-state index >= 15 is 0 Å². The van der Waals surface area contributed by atoms with Crippen molar-refractivity contribution in [2.24, 2.45) is 0 Å². The van der Waals surface area contributed by atoms with Crippen molar-refractivity contribution in [1.82, 2.24) is 19.9 Å². The fraction of sp³-hybridized carbons (Fsp3) is 0.100. The molecule has 0 radical (unpaired) electrons. The number of benzene rings is 1. The van der Waals surface area contributed by atoms with Gasteiger partial charge in [0.25, 0.3) is 0 Å². The summed E-state index contributed by atoms with van der Waals surface area (Å²) in [5.74, 6) is 0.500.